The number of aliphatic hydroxyl groups excluding tert-OH is 7. The predicted molar refractivity (Wildman–Crippen MR) is 128 cm³/mol. The second-order valence-corrected chi connectivity index (χ2v) is 8.50. The summed E-state index contributed by atoms with van der Waals surface area (Å²) in [6, 6.07) is 5.76. The lowest BCUT2D eigenvalue weighted by molar-refractivity contribution is -0.676. The maximum atomic E-state index is 10.3. The van der Waals surface area contributed by atoms with Gasteiger partial charge in [-0.2, -0.15) is 0 Å². The highest BCUT2D eigenvalue weighted by atomic mass is 16.5. The van der Waals surface area contributed by atoms with Crippen LogP contribution in [0.3, 0.4) is 0 Å². The number of aliphatic hydroxyl groups is 7. The van der Waals surface area contributed by atoms with E-state index in [0.717, 1.165) is 29.9 Å². The van der Waals surface area contributed by atoms with Gasteiger partial charge in [-0.25, -0.2) is 9.13 Å². The lowest BCUT2D eigenvalue weighted by atomic mass is 10.0. The van der Waals surface area contributed by atoms with Crippen molar-refractivity contribution >= 4 is 11.0 Å². The van der Waals surface area contributed by atoms with Crippen LogP contribution in [0.5, 0.6) is 5.75 Å². The molecular weight excluding hydrogens is 460 g/mol. The number of imidazole rings is 1. The van der Waals surface area contributed by atoms with Gasteiger partial charge in [0.15, 0.2) is 11.0 Å². The quantitative estimate of drug-likeness (QED) is 0.109. The summed E-state index contributed by atoms with van der Waals surface area (Å²) in [6.07, 6.45) is -7.65. The number of hydrogen-bond acceptors (Lipinski definition) is 10. The first-order valence-corrected chi connectivity index (χ1v) is 11.9. The van der Waals surface area contributed by atoms with Crippen LogP contribution in [0.4, 0.5) is 0 Å². The van der Waals surface area contributed by atoms with Crippen molar-refractivity contribution in [1.29, 1.82) is 0 Å². The van der Waals surface area contributed by atoms with E-state index in [1.165, 1.54) is 0 Å². The van der Waals surface area contributed by atoms with Gasteiger partial charge in [-0.05, 0) is 26.0 Å². The number of nitrogens with zero attached hydrogens (tertiary/aromatic N) is 3. The molecule has 200 valence electrons. The molecule has 0 spiro atoms. The Bertz CT molecular complexity index is 911. The van der Waals surface area contributed by atoms with Crippen LogP contribution in [-0.2, 0) is 19.6 Å². The van der Waals surface area contributed by atoms with E-state index < -0.39 is 43.7 Å². The van der Waals surface area contributed by atoms with Crippen molar-refractivity contribution < 1.29 is 45.0 Å². The van der Waals surface area contributed by atoms with E-state index in [4.69, 9.17) is 15.6 Å². The molecule has 0 fully saturated rings. The van der Waals surface area contributed by atoms with Crippen LogP contribution in [0.1, 0.15) is 19.7 Å². The fourth-order valence-electron chi connectivity index (χ4n) is 4.23. The van der Waals surface area contributed by atoms with Gasteiger partial charge in [-0.3, -0.25) is 4.90 Å². The molecule has 1 aromatic carbocycles. The van der Waals surface area contributed by atoms with Gasteiger partial charge in [0.2, 0.25) is 0 Å². The minimum absolute atomic E-state index is 0.0175. The Balaban J connectivity index is 2.09. The smallest absolute Gasteiger partial charge is 0.271 e. The van der Waals surface area contributed by atoms with Crippen molar-refractivity contribution in [3.05, 3.63) is 24.0 Å². The van der Waals surface area contributed by atoms with Gasteiger partial charge in [0.1, 0.15) is 30.7 Å². The zero-order valence-electron chi connectivity index (χ0n) is 20.4. The van der Waals surface area contributed by atoms with Crippen molar-refractivity contribution in [3.63, 3.8) is 0 Å². The molecule has 1 aromatic heterocycles. The van der Waals surface area contributed by atoms with Gasteiger partial charge in [-0.15, -0.1) is 0 Å². The third-order valence-corrected chi connectivity index (χ3v) is 6.09. The molecule has 0 aliphatic heterocycles. The Labute approximate surface area is 205 Å². The number of hydrogen-bond donors (Lipinski definition) is 8. The molecule has 2 rings (SSSR count). The van der Waals surface area contributed by atoms with Gasteiger partial charge in [-0.1, -0.05) is 0 Å². The highest BCUT2D eigenvalue weighted by Crippen LogP contribution is 2.21. The molecule has 12 heteroatoms. The van der Waals surface area contributed by atoms with Gasteiger partial charge in [0.25, 0.3) is 5.82 Å². The molecule has 12 nitrogen and oxygen atoms in total. The number of rotatable bonds is 16. The molecule has 2 aromatic rings. The van der Waals surface area contributed by atoms with Crippen LogP contribution in [0.2, 0.25) is 0 Å². The normalized spacial score (nSPS) is 16.4. The van der Waals surface area contributed by atoms with Crippen LogP contribution in [0, 0.1) is 0 Å². The molecule has 0 amide bonds. The molecule has 0 saturated heterocycles. The standard InChI is InChI=1S/C23H41N4O8/c1-3-26-17-6-5-16(9-18(17)27(4-2)21(26)10-24)35-8-7-25(11-15(30)13-28)12-19(31)22(33)23(34)20(32)14-29/h5-6,9,15,19-20,22-23,28-34H,3-4,7-8,10-14,24H2,1-2H3/q+1/t15-,19-,20+,22+,23+/m0/s1. The summed E-state index contributed by atoms with van der Waals surface area (Å²) in [6.45, 7) is 5.01. The largest absolute Gasteiger partial charge is 0.492 e. The molecule has 0 saturated carbocycles. The fourth-order valence-corrected chi connectivity index (χ4v) is 4.23. The van der Waals surface area contributed by atoms with E-state index in [1.807, 2.05) is 25.1 Å². The third kappa shape index (κ3) is 7.32. The lowest BCUT2D eigenvalue weighted by Gasteiger charge is -2.31. The molecule has 5 atom stereocenters. The van der Waals surface area contributed by atoms with Crippen molar-refractivity contribution in [2.24, 2.45) is 5.73 Å². The topological polar surface area (TPSA) is 189 Å². The van der Waals surface area contributed by atoms with Crippen LogP contribution in [0.25, 0.3) is 11.0 Å². The number of benzene rings is 1. The second-order valence-electron chi connectivity index (χ2n) is 8.50. The van der Waals surface area contributed by atoms with Crippen LogP contribution in [-0.4, -0.2) is 115 Å². The summed E-state index contributed by atoms with van der Waals surface area (Å²) >= 11 is 0. The van der Waals surface area contributed by atoms with E-state index in [9.17, 15) is 30.6 Å². The van der Waals surface area contributed by atoms with Crippen molar-refractivity contribution in [1.82, 2.24) is 9.47 Å². The summed E-state index contributed by atoms with van der Waals surface area (Å²) < 4.78 is 10.2. The Morgan fingerprint density at radius 1 is 1.00 bits per heavy atom. The van der Waals surface area contributed by atoms with E-state index in [1.54, 1.807) is 4.90 Å². The summed E-state index contributed by atoms with van der Waals surface area (Å²) in [7, 11) is 0. The van der Waals surface area contributed by atoms with Crippen LogP contribution >= 0.6 is 0 Å². The summed E-state index contributed by atoms with van der Waals surface area (Å²) in [5.41, 5.74) is 8.02. The van der Waals surface area contributed by atoms with Crippen molar-refractivity contribution in [3.8, 4) is 5.75 Å². The predicted octanol–water partition coefficient (Wildman–Crippen LogP) is -3.10. The number of ether oxygens (including phenoxy) is 1. The maximum Gasteiger partial charge on any atom is 0.271 e. The number of nitrogens with two attached hydrogens (primary N) is 1. The molecule has 0 bridgehead atoms. The summed E-state index contributed by atoms with van der Waals surface area (Å²) in [5.74, 6) is 1.65. The first kappa shape index (κ1) is 29.4. The van der Waals surface area contributed by atoms with Crippen molar-refractivity contribution in [2.45, 2.75) is 64.0 Å². The SMILES string of the molecule is CCn1c(CN)[n+](CC)c2ccc(OCCN(C[C@H](O)CO)C[C@H](O)[C@@H](O)[C@H](O)[C@H](O)CO)cc21. The number of aryl methyl sites for hydroxylation is 2. The molecule has 0 radical (unpaired) electrons. The van der Waals surface area contributed by atoms with E-state index in [2.05, 4.69) is 16.1 Å². The van der Waals surface area contributed by atoms with Gasteiger partial charge < -0.3 is 46.2 Å². The van der Waals surface area contributed by atoms with Crippen molar-refractivity contribution in [2.75, 3.05) is 39.5 Å². The summed E-state index contributed by atoms with van der Waals surface area (Å²) in [4.78, 5) is 1.57. The van der Waals surface area contributed by atoms with E-state index in [0.29, 0.717) is 12.3 Å². The maximum absolute atomic E-state index is 10.3. The number of fused-ring (bicyclic) bond motifs is 1. The lowest BCUT2D eigenvalue weighted by Crippen LogP contribution is -2.51. The molecule has 9 N–H and O–H groups in total. The molecule has 0 unspecified atom stereocenters. The molecule has 1 heterocycles. The minimum atomic E-state index is -1.75. The van der Waals surface area contributed by atoms with Crippen LogP contribution < -0.4 is 15.0 Å². The average Bonchev–Trinajstić information content (AvgIpc) is 3.18. The highest BCUT2D eigenvalue weighted by Gasteiger charge is 2.31. The highest BCUT2D eigenvalue weighted by molar-refractivity contribution is 5.74. The average molecular weight is 502 g/mol. The molecule has 0 aliphatic carbocycles. The zero-order chi connectivity index (χ0) is 26.1. The molecule has 0 aliphatic rings. The Kier molecular flexibility index (Phi) is 11.8. The van der Waals surface area contributed by atoms with Gasteiger partial charge >= 0.3 is 0 Å². The minimum Gasteiger partial charge on any atom is -0.492 e. The van der Waals surface area contributed by atoms with Gasteiger partial charge in [0.05, 0.1) is 45.1 Å². The first-order chi connectivity index (χ1) is 16.7. The Morgan fingerprint density at radius 3 is 2.26 bits per heavy atom. The first-order valence-electron chi connectivity index (χ1n) is 11.9. The summed E-state index contributed by atoms with van der Waals surface area (Å²) in [5, 5.41) is 67.8. The zero-order valence-corrected chi connectivity index (χ0v) is 20.4. The van der Waals surface area contributed by atoms with E-state index >= 15 is 0 Å². The van der Waals surface area contributed by atoms with E-state index in [-0.39, 0.29) is 26.2 Å². The fraction of sp³-hybridized carbons (Fsp3) is 0.696. The van der Waals surface area contributed by atoms with Gasteiger partial charge in [0, 0.05) is 25.7 Å². The Hall–Kier alpha value is -1.87. The third-order valence-electron chi connectivity index (χ3n) is 6.09. The Morgan fingerprint density at radius 2 is 1.69 bits per heavy atom. The molecular formula is C23H41N4O8+. The number of aromatic nitrogens is 2. The second kappa shape index (κ2) is 14.0. The van der Waals surface area contributed by atoms with Crippen LogP contribution in [0.15, 0.2) is 18.2 Å². The monoisotopic (exact) mass is 501 g/mol. The molecule has 35 heavy (non-hydrogen) atoms.